The second kappa shape index (κ2) is 6.07. The highest BCUT2D eigenvalue weighted by molar-refractivity contribution is 5.76. The predicted molar refractivity (Wildman–Crippen MR) is 79.6 cm³/mol. The molecule has 0 aliphatic carbocycles. The molecule has 1 aromatic rings. The second-order valence-electron chi connectivity index (χ2n) is 5.38. The Balaban J connectivity index is 2.01. The molecule has 0 bridgehead atoms. The number of carbonyl (C=O) groups is 1. The van der Waals surface area contributed by atoms with E-state index in [2.05, 4.69) is 9.97 Å². The number of anilines is 2. The molecule has 110 valence electrons. The van der Waals surface area contributed by atoms with Crippen LogP contribution in [-0.2, 0) is 4.79 Å². The average molecular weight is 277 g/mol. The van der Waals surface area contributed by atoms with Crippen LogP contribution in [0, 0.1) is 13.8 Å². The molecule has 6 heteroatoms. The first-order valence-corrected chi connectivity index (χ1v) is 7.08. The second-order valence-corrected chi connectivity index (χ2v) is 5.38. The molecule has 20 heavy (non-hydrogen) atoms. The van der Waals surface area contributed by atoms with E-state index < -0.39 is 0 Å². The van der Waals surface area contributed by atoms with Gasteiger partial charge in [-0.3, -0.25) is 4.79 Å². The van der Waals surface area contributed by atoms with Crippen molar-refractivity contribution in [3.8, 4) is 0 Å². The van der Waals surface area contributed by atoms with Crippen LogP contribution >= 0.6 is 0 Å². The molecular formula is C14H23N5O. The van der Waals surface area contributed by atoms with E-state index in [0.29, 0.717) is 12.4 Å². The van der Waals surface area contributed by atoms with Gasteiger partial charge in [-0.15, -0.1) is 0 Å². The van der Waals surface area contributed by atoms with Crippen molar-refractivity contribution in [2.45, 2.75) is 33.1 Å². The SMILES string of the molecule is Cc1nc(N)nc(N(C)CCN2CCCCC2=O)c1C. The van der Waals surface area contributed by atoms with E-state index in [1.54, 1.807) is 0 Å². The van der Waals surface area contributed by atoms with E-state index >= 15 is 0 Å². The van der Waals surface area contributed by atoms with Crippen molar-refractivity contribution in [3.63, 3.8) is 0 Å². The summed E-state index contributed by atoms with van der Waals surface area (Å²) in [5, 5.41) is 0. The number of carbonyl (C=O) groups excluding carboxylic acids is 1. The zero-order chi connectivity index (χ0) is 14.7. The van der Waals surface area contributed by atoms with Crippen LogP contribution in [0.4, 0.5) is 11.8 Å². The van der Waals surface area contributed by atoms with Crippen LogP contribution < -0.4 is 10.6 Å². The van der Waals surface area contributed by atoms with Gasteiger partial charge in [0.25, 0.3) is 0 Å². The van der Waals surface area contributed by atoms with Crippen LogP contribution in [0.1, 0.15) is 30.5 Å². The topological polar surface area (TPSA) is 75.3 Å². The number of hydrogen-bond acceptors (Lipinski definition) is 5. The summed E-state index contributed by atoms with van der Waals surface area (Å²) in [6.07, 6.45) is 2.81. The fourth-order valence-corrected chi connectivity index (χ4v) is 2.48. The summed E-state index contributed by atoms with van der Waals surface area (Å²) in [7, 11) is 1.97. The summed E-state index contributed by atoms with van der Waals surface area (Å²) in [6, 6.07) is 0. The normalized spacial score (nSPS) is 15.6. The molecule has 0 radical (unpaired) electrons. The minimum Gasteiger partial charge on any atom is -0.368 e. The number of likely N-dealkylation sites (N-methyl/N-ethyl adjacent to an activating group) is 1. The van der Waals surface area contributed by atoms with Crippen LogP contribution in [-0.4, -0.2) is 47.5 Å². The lowest BCUT2D eigenvalue weighted by Crippen LogP contribution is -2.40. The highest BCUT2D eigenvalue weighted by Crippen LogP contribution is 2.19. The van der Waals surface area contributed by atoms with Gasteiger partial charge in [0.2, 0.25) is 11.9 Å². The summed E-state index contributed by atoms with van der Waals surface area (Å²) in [4.78, 5) is 24.2. The van der Waals surface area contributed by atoms with Gasteiger partial charge < -0.3 is 15.5 Å². The zero-order valence-electron chi connectivity index (χ0n) is 12.5. The molecule has 2 heterocycles. The maximum Gasteiger partial charge on any atom is 0.222 e. The molecule has 0 aromatic carbocycles. The number of likely N-dealkylation sites (tertiary alicyclic amines) is 1. The van der Waals surface area contributed by atoms with Crippen molar-refractivity contribution in [1.29, 1.82) is 0 Å². The van der Waals surface area contributed by atoms with Crippen LogP contribution in [0.3, 0.4) is 0 Å². The van der Waals surface area contributed by atoms with Gasteiger partial charge >= 0.3 is 0 Å². The minimum absolute atomic E-state index is 0.264. The number of aromatic nitrogens is 2. The van der Waals surface area contributed by atoms with E-state index in [9.17, 15) is 4.79 Å². The smallest absolute Gasteiger partial charge is 0.222 e. The quantitative estimate of drug-likeness (QED) is 0.892. The molecule has 0 spiro atoms. The van der Waals surface area contributed by atoms with Gasteiger partial charge in [-0.1, -0.05) is 0 Å². The number of amides is 1. The van der Waals surface area contributed by atoms with Crippen LogP contribution in [0.2, 0.25) is 0 Å². The molecule has 2 rings (SSSR count). The van der Waals surface area contributed by atoms with Gasteiger partial charge in [-0.25, -0.2) is 4.98 Å². The molecule has 0 unspecified atom stereocenters. The van der Waals surface area contributed by atoms with Crippen molar-refractivity contribution < 1.29 is 4.79 Å². The number of nitrogens with zero attached hydrogens (tertiary/aromatic N) is 4. The Morgan fingerprint density at radius 1 is 1.30 bits per heavy atom. The predicted octanol–water partition coefficient (Wildman–Crippen LogP) is 1.12. The lowest BCUT2D eigenvalue weighted by atomic mass is 10.1. The Kier molecular flexibility index (Phi) is 4.42. The molecule has 6 nitrogen and oxygen atoms in total. The first kappa shape index (κ1) is 14.6. The van der Waals surface area contributed by atoms with Gasteiger partial charge in [0.1, 0.15) is 5.82 Å². The highest BCUT2D eigenvalue weighted by atomic mass is 16.2. The van der Waals surface area contributed by atoms with E-state index in [4.69, 9.17) is 5.73 Å². The van der Waals surface area contributed by atoms with Crippen LogP contribution in [0.15, 0.2) is 0 Å². The molecule has 0 saturated carbocycles. The van der Waals surface area contributed by atoms with Crippen LogP contribution in [0.25, 0.3) is 0 Å². The van der Waals surface area contributed by atoms with Gasteiger partial charge in [-0.2, -0.15) is 4.98 Å². The zero-order valence-corrected chi connectivity index (χ0v) is 12.5. The largest absolute Gasteiger partial charge is 0.368 e. The van der Waals surface area contributed by atoms with Crippen molar-refractivity contribution in [2.75, 3.05) is 37.3 Å². The Hall–Kier alpha value is -1.85. The molecule has 1 amide bonds. The molecular weight excluding hydrogens is 254 g/mol. The summed E-state index contributed by atoms with van der Waals surface area (Å²) < 4.78 is 0. The Labute approximate surface area is 120 Å². The van der Waals surface area contributed by atoms with E-state index in [-0.39, 0.29) is 5.91 Å². The molecule has 1 aliphatic heterocycles. The average Bonchev–Trinajstić information content (AvgIpc) is 2.41. The Morgan fingerprint density at radius 3 is 2.75 bits per heavy atom. The van der Waals surface area contributed by atoms with E-state index in [0.717, 1.165) is 49.6 Å². The maximum atomic E-state index is 11.8. The van der Waals surface area contributed by atoms with E-state index in [1.807, 2.05) is 30.7 Å². The molecule has 1 fully saturated rings. The summed E-state index contributed by atoms with van der Waals surface area (Å²) >= 11 is 0. The minimum atomic E-state index is 0.264. The van der Waals surface area contributed by atoms with Crippen LogP contribution in [0.5, 0.6) is 0 Å². The summed E-state index contributed by atoms with van der Waals surface area (Å²) in [6.45, 7) is 6.28. The number of aryl methyl sites for hydroxylation is 1. The van der Waals surface area contributed by atoms with Crippen molar-refractivity contribution >= 4 is 17.7 Å². The number of nitrogens with two attached hydrogens (primary N) is 1. The van der Waals surface area contributed by atoms with Gasteiger partial charge in [0, 0.05) is 44.4 Å². The van der Waals surface area contributed by atoms with Crippen molar-refractivity contribution in [3.05, 3.63) is 11.3 Å². The number of hydrogen-bond donors (Lipinski definition) is 1. The van der Waals surface area contributed by atoms with Gasteiger partial charge in [0.05, 0.1) is 0 Å². The summed E-state index contributed by atoms with van der Waals surface area (Å²) in [5.41, 5.74) is 7.64. The fraction of sp³-hybridized carbons (Fsp3) is 0.643. The number of nitrogen functional groups attached to an aromatic ring is 1. The highest BCUT2D eigenvalue weighted by Gasteiger charge is 2.19. The van der Waals surface area contributed by atoms with Gasteiger partial charge in [0.15, 0.2) is 0 Å². The third-order valence-corrected chi connectivity index (χ3v) is 3.87. The lowest BCUT2D eigenvalue weighted by Gasteiger charge is -2.29. The molecule has 1 saturated heterocycles. The van der Waals surface area contributed by atoms with Crippen molar-refractivity contribution in [1.82, 2.24) is 14.9 Å². The lowest BCUT2D eigenvalue weighted by molar-refractivity contribution is -0.133. The number of rotatable bonds is 4. The van der Waals surface area contributed by atoms with Gasteiger partial charge in [-0.05, 0) is 26.7 Å². The van der Waals surface area contributed by atoms with E-state index in [1.165, 1.54) is 0 Å². The Morgan fingerprint density at radius 2 is 2.05 bits per heavy atom. The fourth-order valence-electron chi connectivity index (χ4n) is 2.48. The summed E-state index contributed by atoms with van der Waals surface area (Å²) in [5.74, 6) is 1.41. The Bertz CT molecular complexity index is 503. The monoisotopic (exact) mass is 277 g/mol. The first-order valence-electron chi connectivity index (χ1n) is 7.08. The molecule has 0 atom stereocenters. The molecule has 1 aliphatic rings. The molecule has 1 aromatic heterocycles. The molecule has 2 N–H and O–H groups in total. The first-order chi connectivity index (χ1) is 9.49. The standard InChI is InChI=1S/C14H23N5O/c1-10-11(2)16-14(15)17-13(10)18(3)8-9-19-7-5-4-6-12(19)20/h4-9H2,1-3H3,(H2,15,16,17). The maximum absolute atomic E-state index is 11.8. The van der Waals surface area contributed by atoms with Crippen molar-refractivity contribution in [2.24, 2.45) is 0 Å². The third-order valence-electron chi connectivity index (χ3n) is 3.87. The third kappa shape index (κ3) is 3.18. The number of piperidine rings is 1.